The zero-order valence-electron chi connectivity index (χ0n) is 7.51. The number of nitrogens with one attached hydrogen (secondary N) is 1. The fourth-order valence-electron chi connectivity index (χ4n) is 1.00. The van der Waals surface area contributed by atoms with E-state index in [0.29, 0.717) is 5.56 Å². The Kier molecular flexibility index (Phi) is 3.21. The van der Waals surface area contributed by atoms with Gasteiger partial charge in [-0.05, 0) is 13.1 Å². The van der Waals surface area contributed by atoms with Gasteiger partial charge in [0.1, 0.15) is 0 Å². The SMILES string of the molecule is CNS(=O)(=O)c1ccccc1/C=N\O. The largest absolute Gasteiger partial charge is 0.411 e. The van der Waals surface area contributed by atoms with Crippen LogP contribution in [0.2, 0.25) is 0 Å². The van der Waals surface area contributed by atoms with Gasteiger partial charge in [-0.25, -0.2) is 13.1 Å². The van der Waals surface area contributed by atoms with Crippen LogP contribution in [0.5, 0.6) is 0 Å². The van der Waals surface area contributed by atoms with E-state index in [1.807, 2.05) is 0 Å². The molecule has 0 saturated carbocycles. The molecule has 0 heterocycles. The van der Waals surface area contributed by atoms with Crippen LogP contribution in [-0.4, -0.2) is 26.9 Å². The van der Waals surface area contributed by atoms with Gasteiger partial charge in [-0.15, -0.1) is 0 Å². The van der Waals surface area contributed by atoms with E-state index in [0.717, 1.165) is 6.21 Å². The molecule has 76 valence electrons. The first kappa shape index (κ1) is 10.7. The molecule has 6 heteroatoms. The molecule has 2 N–H and O–H groups in total. The average molecular weight is 214 g/mol. The Morgan fingerprint density at radius 3 is 2.64 bits per heavy atom. The molecule has 0 aromatic heterocycles. The van der Waals surface area contributed by atoms with Gasteiger partial charge in [-0.3, -0.25) is 0 Å². The van der Waals surface area contributed by atoms with Crippen LogP contribution in [0, 0.1) is 0 Å². The van der Waals surface area contributed by atoms with Crippen molar-refractivity contribution in [3.63, 3.8) is 0 Å². The summed E-state index contributed by atoms with van der Waals surface area (Å²) in [7, 11) is -2.18. The molecule has 0 spiro atoms. The molecule has 0 aliphatic heterocycles. The molecule has 1 rings (SSSR count). The zero-order chi connectivity index (χ0) is 10.6. The second kappa shape index (κ2) is 4.21. The van der Waals surface area contributed by atoms with Gasteiger partial charge in [-0.2, -0.15) is 0 Å². The van der Waals surface area contributed by atoms with Gasteiger partial charge < -0.3 is 5.21 Å². The zero-order valence-corrected chi connectivity index (χ0v) is 8.32. The standard InChI is InChI=1S/C8H10N2O3S/c1-9-14(12,13)8-5-3-2-4-7(8)6-10-11/h2-6,9,11H,1H3/b10-6-. The van der Waals surface area contributed by atoms with Crippen molar-refractivity contribution in [1.29, 1.82) is 0 Å². The second-order valence-electron chi connectivity index (χ2n) is 2.49. The minimum absolute atomic E-state index is 0.0836. The van der Waals surface area contributed by atoms with E-state index >= 15 is 0 Å². The molecule has 1 aromatic rings. The molecule has 5 nitrogen and oxygen atoms in total. The number of benzene rings is 1. The molecule has 0 aliphatic rings. The first-order valence-electron chi connectivity index (χ1n) is 3.82. The number of oxime groups is 1. The third-order valence-electron chi connectivity index (χ3n) is 1.67. The Hall–Kier alpha value is -1.40. The normalized spacial score (nSPS) is 12.1. The molecule has 0 saturated heterocycles. The molecule has 0 amide bonds. The van der Waals surface area contributed by atoms with Crippen molar-refractivity contribution in [2.45, 2.75) is 4.90 Å². The van der Waals surface area contributed by atoms with E-state index in [-0.39, 0.29) is 4.90 Å². The van der Waals surface area contributed by atoms with Crippen LogP contribution >= 0.6 is 0 Å². The molecular weight excluding hydrogens is 204 g/mol. The number of hydrogen-bond acceptors (Lipinski definition) is 4. The van der Waals surface area contributed by atoms with Gasteiger partial charge in [0, 0.05) is 5.56 Å². The summed E-state index contributed by atoms with van der Waals surface area (Å²) < 4.78 is 25.1. The van der Waals surface area contributed by atoms with Crippen molar-refractivity contribution in [2.24, 2.45) is 5.16 Å². The van der Waals surface area contributed by atoms with Crippen LogP contribution in [0.1, 0.15) is 5.56 Å². The number of rotatable bonds is 3. The van der Waals surface area contributed by atoms with Gasteiger partial charge in [-0.1, -0.05) is 23.4 Å². The predicted molar refractivity (Wildman–Crippen MR) is 52.1 cm³/mol. The van der Waals surface area contributed by atoms with E-state index in [9.17, 15) is 8.42 Å². The van der Waals surface area contributed by atoms with Gasteiger partial charge in [0.25, 0.3) is 0 Å². The van der Waals surface area contributed by atoms with E-state index in [2.05, 4.69) is 9.88 Å². The molecule has 14 heavy (non-hydrogen) atoms. The second-order valence-corrected chi connectivity index (χ2v) is 4.34. The molecule has 0 aliphatic carbocycles. The molecule has 1 aromatic carbocycles. The highest BCUT2D eigenvalue weighted by molar-refractivity contribution is 7.89. The lowest BCUT2D eigenvalue weighted by atomic mass is 10.2. The van der Waals surface area contributed by atoms with Crippen LogP contribution < -0.4 is 4.72 Å². The fraction of sp³-hybridized carbons (Fsp3) is 0.125. The highest BCUT2D eigenvalue weighted by atomic mass is 32.2. The van der Waals surface area contributed by atoms with Gasteiger partial charge in [0.05, 0.1) is 11.1 Å². The molecule has 0 atom stereocenters. The summed E-state index contributed by atoms with van der Waals surface area (Å²) >= 11 is 0. The van der Waals surface area contributed by atoms with Gasteiger partial charge in [0.2, 0.25) is 10.0 Å². The average Bonchev–Trinajstić information content (AvgIpc) is 2.19. The third kappa shape index (κ3) is 2.09. The summed E-state index contributed by atoms with van der Waals surface area (Å²) in [6.07, 6.45) is 1.07. The summed E-state index contributed by atoms with van der Waals surface area (Å²) in [6.45, 7) is 0. The molecular formula is C8H10N2O3S. The van der Waals surface area contributed by atoms with Crippen molar-refractivity contribution in [2.75, 3.05) is 7.05 Å². The Balaban J connectivity index is 3.34. The lowest BCUT2D eigenvalue weighted by Gasteiger charge is -2.04. The van der Waals surface area contributed by atoms with Crippen LogP contribution in [0.3, 0.4) is 0 Å². The lowest BCUT2D eigenvalue weighted by Crippen LogP contribution is -2.20. The number of hydrogen-bond donors (Lipinski definition) is 2. The van der Waals surface area contributed by atoms with E-state index < -0.39 is 10.0 Å². The number of sulfonamides is 1. The maximum atomic E-state index is 11.4. The monoisotopic (exact) mass is 214 g/mol. The summed E-state index contributed by atoms with van der Waals surface area (Å²) in [6, 6.07) is 6.23. The highest BCUT2D eigenvalue weighted by Crippen LogP contribution is 2.12. The van der Waals surface area contributed by atoms with Crippen molar-refractivity contribution < 1.29 is 13.6 Å². The van der Waals surface area contributed by atoms with Crippen LogP contribution in [0.15, 0.2) is 34.3 Å². The minimum atomic E-state index is -3.50. The maximum absolute atomic E-state index is 11.4. The minimum Gasteiger partial charge on any atom is -0.411 e. The van der Waals surface area contributed by atoms with Crippen molar-refractivity contribution in [3.05, 3.63) is 29.8 Å². The first-order valence-corrected chi connectivity index (χ1v) is 5.30. The summed E-state index contributed by atoms with van der Waals surface area (Å²) in [5.41, 5.74) is 0.337. The Labute approximate surface area is 82.1 Å². The molecule has 0 bridgehead atoms. The molecule has 0 radical (unpaired) electrons. The Morgan fingerprint density at radius 1 is 1.43 bits per heavy atom. The predicted octanol–water partition coefficient (Wildman–Crippen LogP) is 0.403. The smallest absolute Gasteiger partial charge is 0.240 e. The van der Waals surface area contributed by atoms with Crippen molar-refractivity contribution >= 4 is 16.2 Å². The summed E-state index contributed by atoms with van der Waals surface area (Å²) in [5, 5.41) is 11.1. The third-order valence-corrected chi connectivity index (χ3v) is 3.16. The first-order chi connectivity index (χ1) is 6.61. The molecule has 0 fully saturated rings. The van der Waals surface area contributed by atoms with Crippen molar-refractivity contribution in [1.82, 2.24) is 4.72 Å². The Bertz CT molecular complexity index is 440. The van der Waals surface area contributed by atoms with Crippen LogP contribution in [-0.2, 0) is 10.0 Å². The van der Waals surface area contributed by atoms with E-state index in [1.165, 1.54) is 13.1 Å². The summed E-state index contributed by atoms with van der Waals surface area (Å²) in [5.74, 6) is 0. The van der Waals surface area contributed by atoms with Crippen LogP contribution in [0.4, 0.5) is 0 Å². The van der Waals surface area contributed by atoms with Gasteiger partial charge >= 0.3 is 0 Å². The van der Waals surface area contributed by atoms with E-state index in [1.54, 1.807) is 18.2 Å². The highest BCUT2D eigenvalue weighted by Gasteiger charge is 2.14. The number of nitrogens with zero attached hydrogens (tertiary/aromatic N) is 1. The fourth-order valence-corrected chi connectivity index (χ4v) is 1.91. The quantitative estimate of drug-likeness (QED) is 0.434. The topological polar surface area (TPSA) is 78.8 Å². The van der Waals surface area contributed by atoms with Crippen molar-refractivity contribution in [3.8, 4) is 0 Å². The van der Waals surface area contributed by atoms with Gasteiger partial charge in [0.15, 0.2) is 0 Å². The van der Waals surface area contributed by atoms with Crippen LogP contribution in [0.25, 0.3) is 0 Å². The maximum Gasteiger partial charge on any atom is 0.240 e. The summed E-state index contributed by atoms with van der Waals surface area (Å²) in [4.78, 5) is 0.0836. The Morgan fingerprint density at radius 2 is 2.07 bits per heavy atom. The lowest BCUT2D eigenvalue weighted by molar-refractivity contribution is 0.321. The molecule has 0 unspecified atom stereocenters. The van der Waals surface area contributed by atoms with E-state index in [4.69, 9.17) is 5.21 Å².